The fraction of sp³-hybridized carbons (Fsp3) is 0.138. The first-order valence-electron chi connectivity index (χ1n) is 10.8. The Morgan fingerprint density at radius 3 is 0.969 bits per heavy atom. The Hall–Kier alpha value is -1.79. The molecule has 4 aromatic rings. The van der Waals surface area contributed by atoms with Crippen molar-refractivity contribution < 1.29 is 46.1 Å². The van der Waals surface area contributed by atoms with E-state index in [2.05, 4.69) is 111 Å². The molecule has 0 amide bonds. The largest absolute Gasteiger partial charge is 1.00 e. The second kappa shape index (κ2) is 9.22. The van der Waals surface area contributed by atoms with Crippen molar-refractivity contribution in [3.63, 3.8) is 0 Å². The molecule has 0 N–H and O–H groups in total. The third kappa shape index (κ3) is 3.42. The van der Waals surface area contributed by atoms with Crippen LogP contribution >= 0.6 is 0 Å². The Bertz CT molecular complexity index is 1150. The van der Waals surface area contributed by atoms with Gasteiger partial charge in [-0.05, 0) is 0 Å². The summed E-state index contributed by atoms with van der Waals surface area (Å²) in [5.74, 6) is 0. The molecule has 0 radical (unpaired) electrons. The van der Waals surface area contributed by atoms with Crippen molar-refractivity contribution in [2.75, 3.05) is 0 Å². The van der Waals surface area contributed by atoms with E-state index >= 15 is 0 Å². The van der Waals surface area contributed by atoms with Gasteiger partial charge >= 0.3 is 187 Å². The first kappa shape index (κ1) is 23.4. The third-order valence-corrected chi connectivity index (χ3v) is 15.8. The van der Waals surface area contributed by atoms with Crippen LogP contribution in [0.4, 0.5) is 0 Å². The fourth-order valence-corrected chi connectivity index (χ4v) is 15.2. The second-order valence-corrected chi connectivity index (χ2v) is 16.2. The minimum atomic E-state index is -2.22. The zero-order valence-corrected chi connectivity index (χ0v) is 22.1. The molecular weight excluding hydrogens is 510 g/mol. The summed E-state index contributed by atoms with van der Waals surface area (Å²) in [5.41, 5.74) is 12.1. The van der Waals surface area contributed by atoms with Gasteiger partial charge in [0.15, 0.2) is 0 Å². The summed E-state index contributed by atoms with van der Waals surface area (Å²) in [5, 5.41) is 0. The van der Waals surface area contributed by atoms with Crippen LogP contribution in [0, 0.1) is 0 Å². The number of hydrogen-bond donors (Lipinski definition) is 0. The smallest absolute Gasteiger partial charge is 1.00 e. The van der Waals surface area contributed by atoms with Crippen LogP contribution < -0.4 is 24.8 Å². The van der Waals surface area contributed by atoms with Gasteiger partial charge in [0.1, 0.15) is 0 Å². The van der Waals surface area contributed by atoms with Gasteiger partial charge in [-0.1, -0.05) is 0 Å². The SMILES string of the molecule is C[C](C)=[Zr+2]([CH]1c2ccccc2-c2ccccc21)[CH]1c2ccccc2-c2ccccc21.[Cl-].[Cl-]. The van der Waals surface area contributed by atoms with Crippen molar-refractivity contribution in [2.45, 2.75) is 21.1 Å². The maximum atomic E-state index is 2.42. The molecule has 0 fully saturated rings. The van der Waals surface area contributed by atoms with Crippen LogP contribution in [0.1, 0.15) is 43.4 Å². The quantitative estimate of drug-likeness (QED) is 0.365. The van der Waals surface area contributed by atoms with E-state index in [1.165, 1.54) is 22.3 Å². The summed E-state index contributed by atoms with van der Waals surface area (Å²) in [4.78, 5) is 0. The topological polar surface area (TPSA) is 0 Å². The van der Waals surface area contributed by atoms with Crippen LogP contribution in [0.25, 0.3) is 22.3 Å². The summed E-state index contributed by atoms with van der Waals surface area (Å²) in [7, 11) is 0. The number of rotatable bonds is 2. The summed E-state index contributed by atoms with van der Waals surface area (Å²) < 4.78 is 2.86. The van der Waals surface area contributed by atoms with E-state index in [1.54, 1.807) is 25.5 Å². The van der Waals surface area contributed by atoms with E-state index in [4.69, 9.17) is 0 Å². The van der Waals surface area contributed by atoms with E-state index in [1.807, 2.05) is 0 Å². The van der Waals surface area contributed by atoms with Crippen LogP contribution in [-0.2, 0) is 21.3 Å². The summed E-state index contributed by atoms with van der Waals surface area (Å²) >= 11 is -2.22. The van der Waals surface area contributed by atoms with Gasteiger partial charge in [0.2, 0.25) is 0 Å². The molecule has 4 aromatic carbocycles. The zero-order chi connectivity index (χ0) is 20.2. The molecule has 6 rings (SSSR count). The average Bonchev–Trinajstić information content (AvgIpc) is 3.29. The van der Waals surface area contributed by atoms with Gasteiger partial charge in [0.25, 0.3) is 0 Å². The molecule has 0 aliphatic heterocycles. The summed E-state index contributed by atoms with van der Waals surface area (Å²) in [6.07, 6.45) is 0. The van der Waals surface area contributed by atoms with E-state index in [0.29, 0.717) is 7.25 Å². The third-order valence-electron chi connectivity index (χ3n) is 6.87. The molecule has 0 atom stereocenters. The minimum Gasteiger partial charge on any atom is -1.00 e. The van der Waals surface area contributed by atoms with E-state index in [9.17, 15) is 0 Å². The number of halogens is 2. The van der Waals surface area contributed by atoms with Crippen molar-refractivity contribution in [3.8, 4) is 22.3 Å². The van der Waals surface area contributed by atoms with Gasteiger partial charge in [-0.25, -0.2) is 0 Å². The Morgan fingerprint density at radius 2 is 0.719 bits per heavy atom. The number of hydrogen-bond acceptors (Lipinski definition) is 0. The molecule has 0 unspecified atom stereocenters. The standard InChI is InChI=1S/2C13H9.C3H6.2ClH.Zr/c2*1-3-7-12-10(5-1)9-11-6-2-4-8-13(11)12;1-3-2;;;/h2*1-9H;1-2H3;2*1H;/q;;;;;+2/p-2. The first-order valence-corrected chi connectivity index (χ1v) is 14.9. The molecule has 0 aromatic heterocycles. The number of fused-ring (bicyclic) bond motifs is 6. The van der Waals surface area contributed by atoms with Gasteiger partial charge < -0.3 is 24.8 Å². The Labute approximate surface area is 210 Å². The number of benzene rings is 4. The predicted octanol–water partition coefficient (Wildman–Crippen LogP) is 1.36. The van der Waals surface area contributed by atoms with E-state index in [-0.39, 0.29) is 24.8 Å². The van der Waals surface area contributed by atoms with Gasteiger partial charge in [-0.2, -0.15) is 0 Å². The minimum absolute atomic E-state index is 0. The van der Waals surface area contributed by atoms with E-state index < -0.39 is 21.3 Å². The van der Waals surface area contributed by atoms with Gasteiger partial charge in [0, 0.05) is 0 Å². The molecule has 0 saturated heterocycles. The Balaban J connectivity index is 0.00000122. The fourth-order valence-electron chi connectivity index (χ4n) is 5.73. The monoisotopic (exact) mass is 532 g/mol. The maximum absolute atomic E-state index is 2.42. The average molecular weight is 535 g/mol. The van der Waals surface area contributed by atoms with Crippen LogP contribution in [-0.4, -0.2) is 3.21 Å². The van der Waals surface area contributed by atoms with Gasteiger partial charge in [-0.3, -0.25) is 0 Å². The molecule has 2 aliphatic carbocycles. The predicted molar refractivity (Wildman–Crippen MR) is 124 cm³/mol. The van der Waals surface area contributed by atoms with Gasteiger partial charge in [-0.15, -0.1) is 0 Å². The van der Waals surface area contributed by atoms with Crippen LogP contribution in [0.15, 0.2) is 97.1 Å². The molecule has 0 saturated carbocycles. The summed E-state index contributed by atoms with van der Waals surface area (Å²) in [6.45, 7) is 4.84. The molecule has 32 heavy (non-hydrogen) atoms. The molecule has 0 spiro atoms. The zero-order valence-electron chi connectivity index (χ0n) is 18.1. The van der Waals surface area contributed by atoms with Crippen molar-refractivity contribution in [1.82, 2.24) is 0 Å². The molecular formula is C29H24Cl2Zr. The second-order valence-electron chi connectivity index (χ2n) is 8.67. The van der Waals surface area contributed by atoms with Crippen molar-refractivity contribution in [2.24, 2.45) is 0 Å². The molecule has 158 valence electrons. The van der Waals surface area contributed by atoms with E-state index in [0.717, 1.165) is 0 Å². The van der Waals surface area contributed by atoms with Crippen molar-refractivity contribution in [1.29, 1.82) is 0 Å². The molecule has 0 bridgehead atoms. The normalized spacial score (nSPS) is 12.9. The molecule has 0 heterocycles. The maximum Gasteiger partial charge on any atom is -1.00 e. The Morgan fingerprint density at radius 1 is 0.469 bits per heavy atom. The Kier molecular flexibility index (Phi) is 6.74. The molecule has 2 aliphatic rings. The van der Waals surface area contributed by atoms with Crippen molar-refractivity contribution in [3.05, 3.63) is 119 Å². The van der Waals surface area contributed by atoms with Crippen LogP contribution in [0.2, 0.25) is 0 Å². The first-order chi connectivity index (χ1) is 14.8. The molecule has 0 nitrogen and oxygen atoms in total. The van der Waals surface area contributed by atoms with Crippen LogP contribution in [0.5, 0.6) is 0 Å². The molecule has 3 heteroatoms. The van der Waals surface area contributed by atoms with Crippen molar-refractivity contribution >= 4 is 3.21 Å². The van der Waals surface area contributed by atoms with Gasteiger partial charge in [0.05, 0.1) is 0 Å². The van der Waals surface area contributed by atoms with Crippen LogP contribution in [0.3, 0.4) is 0 Å². The summed E-state index contributed by atoms with van der Waals surface area (Å²) in [6, 6.07) is 36.7.